The predicted octanol–water partition coefficient (Wildman–Crippen LogP) is 2.40. The fourth-order valence-electron chi connectivity index (χ4n) is 2.09. The number of aliphatic hydroxyl groups excluding tert-OH is 1. The molecule has 0 amide bonds. The molecule has 1 fully saturated rings. The molecule has 1 aliphatic heterocycles. The first-order chi connectivity index (χ1) is 8.20. The van der Waals surface area contributed by atoms with Crippen LogP contribution < -0.4 is 0 Å². The van der Waals surface area contributed by atoms with Gasteiger partial charge in [-0.05, 0) is 59.2 Å². The second-order valence-corrected chi connectivity index (χ2v) is 6.19. The van der Waals surface area contributed by atoms with Crippen molar-refractivity contribution in [2.45, 2.75) is 12.8 Å². The van der Waals surface area contributed by atoms with Crippen LogP contribution >= 0.6 is 27.3 Å². The quantitative estimate of drug-likeness (QED) is 0.867. The Morgan fingerprint density at radius 3 is 2.76 bits per heavy atom. The van der Waals surface area contributed by atoms with Crippen LogP contribution in [-0.2, 0) is 0 Å². The van der Waals surface area contributed by atoms with Crippen molar-refractivity contribution >= 4 is 33.0 Å². The molecule has 0 unspecified atom stereocenters. The van der Waals surface area contributed by atoms with E-state index in [2.05, 4.69) is 20.8 Å². The van der Waals surface area contributed by atoms with Crippen molar-refractivity contribution in [3.8, 4) is 0 Å². The summed E-state index contributed by atoms with van der Waals surface area (Å²) in [7, 11) is 0. The predicted molar refractivity (Wildman–Crippen MR) is 72.6 cm³/mol. The minimum atomic E-state index is 0.189. The Kier molecular flexibility index (Phi) is 4.73. The van der Waals surface area contributed by atoms with Crippen molar-refractivity contribution in [2.75, 3.05) is 26.2 Å². The zero-order valence-corrected chi connectivity index (χ0v) is 12.0. The topological polar surface area (TPSA) is 40.5 Å². The van der Waals surface area contributed by atoms with Gasteiger partial charge in [0.2, 0.25) is 0 Å². The number of ketones is 1. The second kappa shape index (κ2) is 6.09. The Labute approximate surface area is 114 Å². The van der Waals surface area contributed by atoms with E-state index in [9.17, 15) is 4.79 Å². The summed E-state index contributed by atoms with van der Waals surface area (Å²) in [6, 6.07) is 1.91. The largest absolute Gasteiger partial charge is 0.396 e. The lowest BCUT2D eigenvalue weighted by molar-refractivity contribution is 0.0867. The molecule has 0 spiro atoms. The van der Waals surface area contributed by atoms with Crippen LogP contribution in [0, 0.1) is 5.92 Å². The number of carbonyl (C=O) groups excluding carboxylic acids is 1. The maximum atomic E-state index is 12.0. The summed E-state index contributed by atoms with van der Waals surface area (Å²) in [6.45, 7) is 2.61. The van der Waals surface area contributed by atoms with Gasteiger partial charge < -0.3 is 5.11 Å². The van der Waals surface area contributed by atoms with E-state index in [0.29, 0.717) is 12.5 Å². The minimum absolute atomic E-state index is 0.189. The summed E-state index contributed by atoms with van der Waals surface area (Å²) < 4.78 is 0.901. The van der Waals surface area contributed by atoms with Crippen LogP contribution in [0.3, 0.4) is 0 Å². The monoisotopic (exact) mass is 317 g/mol. The molecule has 0 aliphatic carbocycles. The summed E-state index contributed by atoms with van der Waals surface area (Å²) in [5.74, 6) is 0.615. The number of likely N-dealkylation sites (tertiary alicyclic amines) is 1. The van der Waals surface area contributed by atoms with Crippen molar-refractivity contribution in [2.24, 2.45) is 5.92 Å². The first-order valence-electron chi connectivity index (χ1n) is 5.80. The van der Waals surface area contributed by atoms with Gasteiger partial charge in [0.05, 0.1) is 11.4 Å². The van der Waals surface area contributed by atoms with E-state index < -0.39 is 0 Å². The van der Waals surface area contributed by atoms with Gasteiger partial charge in [0, 0.05) is 11.1 Å². The third-order valence-electron chi connectivity index (χ3n) is 3.20. The number of nitrogens with zero attached hydrogens (tertiary/aromatic N) is 1. The molecule has 1 aromatic heterocycles. The molecular formula is C12H16BrNO2S. The first-order valence-corrected chi connectivity index (χ1v) is 7.47. The summed E-state index contributed by atoms with van der Waals surface area (Å²) in [5, 5.41) is 11.0. The number of rotatable bonds is 4. The number of aliphatic hydroxyl groups is 1. The van der Waals surface area contributed by atoms with E-state index in [1.165, 1.54) is 11.3 Å². The van der Waals surface area contributed by atoms with Gasteiger partial charge in [-0.2, -0.15) is 0 Å². The fourth-order valence-corrected chi connectivity index (χ4v) is 3.62. The highest BCUT2D eigenvalue weighted by atomic mass is 79.9. The van der Waals surface area contributed by atoms with Gasteiger partial charge in [0.25, 0.3) is 0 Å². The Morgan fingerprint density at radius 2 is 2.24 bits per heavy atom. The molecule has 2 heterocycles. The number of carbonyl (C=O) groups is 1. The molecule has 2 rings (SSSR count). The number of Topliss-reactive ketones (excluding diaryl/α,β-unsaturated/α-hetero) is 1. The third kappa shape index (κ3) is 3.37. The van der Waals surface area contributed by atoms with Crippen LogP contribution in [0.1, 0.15) is 22.5 Å². The lowest BCUT2D eigenvalue weighted by Gasteiger charge is -2.30. The van der Waals surface area contributed by atoms with Crippen molar-refractivity contribution in [1.29, 1.82) is 0 Å². The van der Waals surface area contributed by atoms with Crippen molar-refractivity contribution < 1.29 is 9.90 Å². The van der Waals surface area contributed by atoms with E-state index in [1.54, 1.807) is 0 Å². The third-order valence-corrected chi connectivity index (χ3v) is 5.08. The Bertz CT molecular complexity index is 386. The summed E-state index contributed by atoms with van der Waals surface area (Å²) in [6.07, 6.45) is 1.99. The van der Waals surface area contributed by atoms with Crippen LogP contribution in [0.4, 0.5) is 0 Å². The second-order valence-electron chi connectivity index (χ2n) is 4.42. The molecular weight excluding hydrogens is 302 g/mol. The Morgan fingerprint density at radius 1 is 1.53 bits per heavy atom. The minimum Gasteiger partial charge on any atom is -0.396 e. The van der Waals surface area contributed by atoms with Crippen molar-refractivity contribution in [3.63, 3.8) is 0 Å². The normalized spacial score (nSPS) is 18.5. The number of thiophene rings is 1. The van der Waals surface area contributed by atoms with Crippen molar-refractivity contribution in [3.05, 3.63) is 20.8 Å². The molecule has 0 radical (unpaired) electrons. The average molecular weight is 318 g/mol. The summed E-state index contributed by atoms with van der Waals surface area (Å²) in [4.78, 5) is 15.0. The molecule has 1 aromatic rings. The van der Waals surface area contributed by atoms with Crippen LogP contribution in [0.15, 0.2) is 15.9 Å². The molecule has 0 aromatic carbocycles. The van der Waals surface area contributed by atoms with Gasteiger partial charge >= 0.3 is 0 Å². The van der Waals surface area contributed by atoms with E-state index in [4.69, 9.17) is 5.11 Å². The average Bonchev–Trinajstić information content (AvgIpc) is 2.76. The van der Waals surface area contributed by atoms with Gasteiger partial charge in [-0.15, -0.1) is 11.3 Å². The zero-order valence-electron chi connectivity index (χ0n) is 9.56. The summed E-state index contributed by atoms with van der Waals surface area (Å²) >= 11 is 4.88. The fraction of sp³-hybridized carbons (Fsp3) is 0.583. The maximum absolute atomic E-state index is 12.0. The van der Waals surface area contributed by atoms with Gasteiger partial charge in [-0.1, -0.05) is 0 Å². The van der Waals surface area contributed by atoms with Gasteiger partial charge in [0.1, 0.15) is 0 Å². The maximum Gasteiger partial charge on any atom is 0.187 e. The van der Waals surface area contributed by atoms with Crippen LogP contribution in [0.25, 0.3) is 0 Å². The summed E-state index contributed by atoms with van der Waals surface area (Å²) in [5.41, 5.74) is 0. The molecule has 1 saturated heterocycles. The van der Waals surface area contributed by atoms with E-state index in [0.717, 1.165) is 35.3 Å². The van der Waals surface area contributed by atoms with Crippen molar-refractivity contribution in [1.82, 2.24) is 4.90 Å². The van der Waals surface area contributed by atoms with Gasteiger partial charge in [0.15, 0.2) is 5.78 Å². The standard InChI is InChI=1S/C12H16BrNO2S/c13-10-3-6-17-12(10)11(16)7-14-4-1-9(8-15)2-5-14/h3,6,9,15H,1-2,4-5,7-8H2. The molecule has 0 bridgehead atoms. The molecule has 0 atom stereocenters. The molecule has 5 heteroatoms. The van der Waals surface area contributed by atoms with Crippen LogP contribution in [0.5, 0.6) is 0 Å². The van der Waals surface area contributed by atoms with Crippen LogP contribution in [-0.4, -0.2) is 42.0 Å². The lowest BCUT2D eigenvalue weighted by atomic mass is 9.98. The van der Waals surface area contributed by atoms with E-state index in [1.807, 2.05) is 11.4 Å². The van der Waals surface area contributed by atoms with Gasteiger partial charge in [-0.3, -0.25) is 9.69 Å². The Hall–Kier alpha value is -0.230. The lowest BCUT2D eigenvalue weighted by Crippen LogP contribution is -2.38. The highest BCUT2D eigenvalue weighted by molar-refractivity contribution is 9.10. The van der Waals surface area contributed by atoms with Gasteiger partial charge in [-0.25, -0.2) is 0 Å². The number of hydrogen-bond donors (Lipinski definition) is 1. The number of piperidine rings is 1. The molecule has 94 valence electrons. The molecule has 1 N–H and O–H groups in total. The molecule has 1 aliphatic rings. The highest BCUT2D eigenvalue weighted by Crippen LogP contribution is 2.24. The first kappa shape index (κ1) is 13.2. The number of halogens is 1. The number of hydrogen-bond acceptors (Lipinski definition) is 4. The van der Waals surface area contributed by atoms with Crippen LogP contribution in [0.2, 0.25) is 0 Å². The Balaban J connectivity index is 1.86. The molecule has 3 nitrogen and oxygen atoms in total. The van der Waals surface area contributed by atoms with E-state index >= 15 is 0 Å². The highest BCUT2D eigenvalue weighted by Gasteiger charge is 2.21. The zero-order chi connectivity index (χ0) is 12.3. The molecule has 0 saturated carbocycles. The van der Waals surface area contributed by atoms with E-state index in [-0.39, 0.29) is 12.4 Å². The SMILES string of the molecule is O=C(CN1CCC(CO)CC1)c1sccc1Br. The smallest absolute Gasteiger partial charge is 0.187 e. The molecule has 17 heavy (non-hydrogen) atoms.